The normalized spacial score (nSPS) is 12.0. The first kappa shape index (κ1) is 33.4. The van der Waals surface area contributed by atoms with E-state index in [4.69, 9.17) is 19.1 Å². The van der Waals surface area contributed by atoms with Crippen molar-refractivity contribution in [2.24, 2.45) is 0 Å². The van der Waals surface area contributed by atoms with E-state index in [-0.39, 0.29) is 167 Å². The number of hydrogen-bond donors (Lipinski definition) is 3. The number of ether oxygens (including phenoxy) is 1. The maximum atomic E-state index is 11.2. The fourth-order valence-corrected chi connectivity index (χ4v) is 4.73. The van der Waals surface area contributed by atoms with Crippen molar-refractivity contribution in [1.82, 2.24) is 0 Å². The van der Waals surface area contributed by atoms with Crippen LogP contribution in [-0.4, -0.2) is 182 Å². The third-order valence-electron chi connectivity index (χ3n) is 3.51. The van der Waals surface area contributed by atoms with Gasteiger partial charge >= 0.3 is 162 Å². The van der Waals surface area contributed by atoms with Crippen molar-refractivity contribution >= 4 is 172 Å². The summed E-state index contributed by atoms with van der Waals surface area (Å²) in [5, 5.41) is 0. The third-order valence-corrected chi connectivity index (χ3v) is 7.07. The van der Waals surface area contributed by atoms with Crippen LogP contribution in [0.1, 0.15) is 18.4 Å². The molecule has 0 unspecified atom stereocenters. The second-order valence-electron chi connectivity index (χ2n) is 5.51. The van der Waals surface area contributed by atoms with Gasteiger partial charge in [-0.05, 0) is 49.1 Å². The molecule has 28 heavy (non-hydrogen) atoms. The Morgan fingerprint density at radius 1 is 0.929 bits per heavy atom. The van der Waals surface area contributed by atoms with E-state index in [0.29, 0.717) is 17.9 Å². The van der Waals surface area contributed by atoms with Crippen molar-refractivity contribution in [3.05, 3.63) is 60.2 Å². The van der Waals surface area contributed by atoms with Gasteiger partial charge in [-0.15, -0.1) is 0 Å². The quantitative estimate of drug-likeness (QED) is 0.280. The number of para-hydroxylation sites is 1. The van der Waals surface area contributed by atoms with Gasteiger partial charge in [0.1, 0.15) is 11.5 Å². The number of rotatable bonds is 8. The third kappa shape index (κ3) is 12.4. The molecule has 0 aliphatic heterocycles. The summed E-state index contributed by atoms with van der Waals surface area (Å²) in [5.41, 5.74) is 0.827. The molecule has 0 bridgehead atoms. The minimum atomic E-state index is -4.94. The van der Waals surface area contributed by atoms with Crippen LogP contribution in [0.4, 0.5) is 0 Å². The first-order valence-electron chi connectivity index (χ1n) is 7.49. The molecule has 0 heterocycles. The fraction of sp³-hybridized carbons (Fsp3) is 0.250. The van der Waals surface area contributed by atoms with Gasteiger partial charge in [-0.3, -0.25) is 9.12 Å². The molecule has 12 heteroatoms. The molecule has 0 saturated carbocycles. The summed E-state index contributed by atoms with van der Waals surface area (Å²) in [6, 6.07) is 16.3. The molecule has 0 aliphatic rings. The van der Waals surface area contributed by atoms with Gasteiger partial charge in [0.2, 0.25) is 0 Å². The molecular weight excluding hydrogens is 485 g/mol. The van der Waals surface area contributed by atoms with E-state index in [1.807, 2.05) is 30.3 Å². The Balaban J connectivity index is 0. The molecular formula is C16H22K3O7PS. The molecule has 142 valence electrons. The minimum absolute atomic E-state index is 0. The van der Waals surface area contributed by atoms with Crippen LogP contribution in [0.25, 0.3) is 0 Å². The molecule has 2 aromatic rings. The summed E-state index contributed by atoms with van der Waals surface area (Å²) in [6.07, 6.45) is 0.231. The van der Waals surface area contributed by atoms with E-state index in [9.17, 15) is 13.0 Å². The topological polar surface area (TPSA) is 121 Å². The van der Waals surface area contributed by atoms with Crippen molar-refractivity contribution in [1.29, 1.82) is 0 Å². The molecule has 2 aromatic carbocycles. The Morgan fingerprint density at radius 3 is 2.04 bits per heavy atom. The zero-order valence-electron chi connectivity index (χ0n) is 13.2. The summed E-state index contributed by atoms with van der Waals surface area (Å²) in [7, 11) is -9.75. The molecule has 7 nitrogen and oxygen atoms in total. The fourth-order valence-electron chi connectivity index (χ4n) is 2.36. The van der Waals surface area contributed by atoms with Gasteiger partial charge in [0.05, 0.1) is 0 Å². The van der Waals surface area contributed by atoms with Gasteiger partial charge in [-0.1, -0.05) is 30.3 Å². The first-order chi connectivity index (χ1) is 11.7. The average molecular weight is 507 g/mol. The summed E-state index contributed by atoms with van der Waals surface area (Å²) in [4.78, 5) is 16.0. The number of hydrogen-bond acceptors (Lipinski definition) is 4. The van der Waals surface area contributed by atoms with Gasteiger partial charge in [0, 0.05) is 0 Å². The number of benzene rings is 2. The van der Waals surface area contributed by atoms with Gasteiger partial charge in [-0.25, -0.2) is 0 Å². The van der Waals surface area contributed by atoms with E-state index in [2.05, 4.69) is 0 Å². The van der Waals surface area contributed by atoms with Crippen molar-refractivity contribution in [3.8, 4) is 11.5 Å². The summed E-state index contributed by atoms with van der Waals surface area (Å²) in [5.74, 6) is 1.28. The molecule has 0 aromatic heterocycles. The molecule has 0 spiro atoms. The Hall–Kier alpha value is 3.21. The molecule has 0 saturated heterocycles. The first-order valence-corrected chi connectivity index (χ1v) is 10.7. The summed E-state index contributed by atoms with van der Waals surface area (Å²) < 4.78 is 48.1. The molecule has 0 radical (unpaired) electrons. The monoisotopic (exact) mass is 506 g/mol. The predicted molar refractivity (Wildman–Crippen MR) is 115 cm³/mol. The van der Waals surface area contributed by atoms with Crippen molar-refractivity contribution in [2.45, 2.75) is 24.3 Å². The molecule has 2 rings (SSSR count). The van der Waals surface area contributed by atoms with E-state index in [0.717, 1.165) is 5.56 Å². The predicted octanol–water partition coefficient (Wildman–Crippen LogP) is 1.25. The van der Waals surface area contributed by atoms with Crippen LogP contribution in [0.15, 0.2) is 54.6 Å². The summed E-state index contributed by atoms with van der Waals surface area (Å²) >= 11 is 0. The van der Waals surface area contributed by atoms with Crippen LogP contribution >= 0.6 is 7.60 Å². The summed E-state index contributed by atoms with van der Waals surface area (Å²) in [6.45, 7) is 0. The van der Waals surface area contributed by atoms with Crippen LogP contribution in [0, 0.1) is 0 Å². The number of aryl methyl sites for hydroxylation is 1. The SMILES string of the molecule is O=P(O)(O)[C@H](CCCc1cccc(Oc2ccccc2)c1)S(=O)(=O)O.[KH].[KH].[KH]. The van der Waals surface area contributed by atoms with Gasteiger partial charge in [0.25, 0.3) is 10.1 Å². The molecule has 3 N–H and O–H groups in total. The molecule has 0 fully saturated rings. The van der Waals surface area contributed by atoms with E-state index in [1.165, 1.54) is 0 Å². The molecule has 0 amide bonds. The Kier molecular flexibility index (Phi) is 19.0. The Labute approximate surface area is 293 Å². The van der Waals surface area contributed by atoms with Crippen LogP contribution in [0.3, 0.4) is 0 Å². The second-order valence-corrected chi connectivity index (χ2v) is 9.26. The maximum absolute atomic E-state index is 11.2. The second kappa shape index (κ2) is 15.9. The van der Waals surface area contributed by atoms with Gasteiger partial charge in [-0.2, -0.15) is 8.42 Å². The van der Waals surface area contributed by atoms with Crippen molar-refractivity contribution < 1.29 is 32.1 Å². The van der Waals surface area contributed by atoms with Crippen LogP contribution in [0.5, 0.6) is 11.5 Å². The van der Waals surface area contributed by atoms with E-state index < -0.39 is 22.7 Å². The van der Waals surface area contributed by atoms with Crippen LogP contribution < -0.4 is 4.74 Å². The van der Waals surface area contributed by atoms with Crippen LogP contribution in [0.2, 0.25) is 0 Å². The standard InChI is InChI=1S/C16H19O7PS.3K.3H/c17-24(18,19)16(25(20,21)22)11-5-7-13-6-4-10-15(12-13)23-14-8-2-1-3-9-14;;;;;;/h1-4,6,8-10,12,16H,5,7,11H2,(H2,17,18,19)(H,20,21,22);;;;;;/t16-;;;;;;/m0....../s1. The van der Waals surface area contributed by atoms with Gasteiger partial charge < -0.3 is 14.5 Å². The molecule has 1 atom stereocenters. The van der Waals surface area contributed by atoms with E-state index in [1.54, 1.807) is 24.3 Å². The Bertz CT molecular complexity index is 860. The van der Waals surface area contributed by atoms with E-state index >= 15 is 0 Å². The Morgan fingerprint density at radius 2 is 1.50 bits per heavy atom. The van der Waals surface area contributed by atoms with Crippen LogP contribution in [-0.2, 0) is 21.1 Å². The van der Waals surface area contributed by atoms with Crippen molar-refractivity contribution in [3.63, 3.8) is 0 Å². The zero-order valence-corrected chi connectivity index (χ0v) is 14.9. The average Bonchev–Trinajstić information content (AvgIpc) is 2.50. The van der Waals surface area contributed by atoms with Gasteiger partial charge in [0.15, 0.2) is 4.99 Å². The van der Waals surface area contributed by atoms with Crippen molar-refractivity contribution in [2.75, 3.05) is 0 Å². The zero-order chi connectivity index (χ0) is 18.5. The molecule has 0 aliphatic carbocycles.